The van der Waals surface area contributed by atoms with Crippen molar-refractivity contribution in [2.24, 2.45) is 0 Å². The summed E-state index contributed by atoms with van der Waals surface area (Å²) in [6, 6.07) is 0. The van der Waals surface area contributed by atoms with Gasteiger partial charge in [0, 0.05) is 6.54 Å². The number of imidazole rings is 1. The average molecular weight is 381 g/mol. The van der Waals surface area contributed by atoms with Gasteiger partial charge < -0.3 is 40.2 Å². The number of rotatable bonds is 7. The zero-order chi connectivity index (χ0) is 19.4. The number of fused-ring (bicyclic) bond motifs is 1. The van der Waals surface area contributed by atoms with Crippen molar-refractivity contribution < 1.29 is 29.9 Å². The molecule has 0 amide bonds. The zero-order valence-corrected chi connectivity index (χ0v) is 14.7. The summed E-state index contributed by atoms with van der Waals surface area (Å²) < 4.78 is 10.8. The van der Waals surface area contributed by atoms with Crippen LogP contribution < -0.4 is 5.32 Å². The topological polar surface area (TPSA) is 166 Å². The van der Waals surface area contributed by atoms with Gasteiger partial charge in [0.2, 0.25) is 0 Å². The molecule has 148 valence electrons. The first-order valence-electron chi connectivity index (χ1n) is 8.47. The number of H-pyrrole nitrogens is 1. The number of aromatic nitrogens is 4. The fourth-order valence-electron chi connectivity index (χ4n) is 2.70. The Morgan fingerprint density at radius 1 is 1.26 bits per heavy atom. The number of hydrogen-bond donors (Lipinski definition) is 6. The largest absolute Gasteiger partial charge is 0.394 e. The molecule has 3 rings (SSSR count). The monoisotopic (exact) mass is 381 g/mol. The lowest BCUT2D eigenvalue weighted by Gasteiger charge is -2.39. The molecule has 0 spiro atoms. The molecule has 2 aromatic heterocycles. The second-order valence-electron chi connectivity index (χ2n) is 6.26. The first-order chi connectivity index (χ1) is 13.0. The molecule has 0 radical (unpaired) electrons. The van der Waals surface area contributed by atoms with Crippen LogP contribution in [-0.4, -0.2) is 90.8 Å². The van der Waals surface area contributed by atoms with Gasteiger partial charge in [-0.25, -0.2) is 15.0 Å². The standard InChI is InChI=1S/C16H23N5O6/c1-8(2-3-17-14-10-15(19-6-18-10)21-7-20-14)5-26-16-13(25)12(24)11(23)9(4-22)27-16/h2,6-7,9,11-13,16,22-25H,3-5H2,1H3,(H2,17,18,19,20,21)/b8-2+/t9-,11-,12+,13-,16+/m1/s1. The lowest BCUT2D eigenvalue weighted by molar-refractivity contribution is -0.299. The molecule has 0 bridgehead atoms. The summed E-state index contributed by atoms with van der Waals surface area (Å²) >= 11 is 0. The number of nitrogens with zero attached hydrogens (tertiary/aromatic N) is 3. The maximum absolute atomic E-state index is 9.94. The third-order valence-electron chi connectivity index (χ3n) is 4.27. The summed E-state index contributed by atoms with van der Waals surface area (Å²) in [6.45, 7) is 1.94. The second-order valence-corrected chi connectivity index (χ2v) is 6.26. The highest BCUT2D eigenvalue weighted by Gasteiger charge is 2.43. The van der Waals surface area contributed by atoms with Crippen LogP contribution in [0.2, 0.25) is 0 Å². The van der Waals surface area contributed by atoms with Gasteiger partial charge in [0.1, 0.15) is 36.3 Å². The Kier molecular flexibility index (Phi) is 6.31. The van der Waals surface area contributed by atoms with Crippen LogP contribution in [0.4, 0.5) is 5.82 Å². The van der Waals surface area contributed by atoms with E-state index in [4.69, 9.17) is 9.47 Å². The first-order valence-corrected chi connectivity index (χ1v) is 8.47. The molecule has 1 aliphatic heterocycles. The Labute approximate surface area is 154 Å². The number of aromatic amines is 1. The zero-order valence-electron chi connectivity index (χ0n) is 14.7. The minimum Gasteiger partial charge on any atom is -0.394 e. The minimum absolute atomic E-state index is 0.133. The predicted molar refractivity (Wildman–Crippen MR) is 93.6 cm³/mol. The lowest BCUT2D eigenvalue weighted by atomic mass is 9.99. The molecule has 0 aromatic carbocycles. The van der Waals surface area contributed by atoms with E-state index in [1.807, 2.05) is 13.0 Å². The van der Waals surface area contributed by atoms with Gasteiger partial charge >= 0.3 is 0 Å². The Balaban J connectivity index is 1.51. The van der Waals surface area contributed by atoms with E-state index in [1.165, 1.54) is 6.33 Å². The van der Waals surface area contributed by atoms with E-state index in [0.29, 0.717) is 23.5 Å². The third kappa shape index (κ3) is 4.40. The molecule has 11 nitrogen and oxygen atoms in total. The van der Waals surface area contributed by atoms with Crippen LogP contribution in [-0.2, 0) is 9.47 Å². The van der Waals surface area contributed by atoms with Crippen molar-refractivity contribution in [3.63, 3.8) is 0 Å². The number of nitrogens with one attached hydrogen (secondary N) is 2. The number of hydrogen-bond acceptors (Lipinski definition) is 10. The Bertz CT molecular complexity index is 782. The molecule has 1 saturated heterocycles. The van der Waals surface area contributed by atoms with Gasteiger partial charge in [0.25, 0.3) is 0 Å². The van der Waals surface area contributed by atoms with Crippen molar-refractivity contribution in [2.75, 3.05) is 25.1 Å². The van der Waals surface area contributed by atoms with Crippen molar-refractivity contribution in [1.29, 1.82) is 0 Å². The van der Waals surface area contributed by atoms with Crippen LogP contribution in [0.3, 0.4) is 0 Å². The summed E-state index contributed by atoms with van der Waals surface area (Å²) in [5.74, 6) is 0.622. The lowest BCUT2D eigenvalue weighted by Crippen LogP contribution is -2.59. The van der Waals surface area contributed by atoms with Gasteiger partial charge in [-0.2, -0.15) is 0 Å². The van der Waals surface area contributed by atoms with Crippen molar-refractivity contribution in [2.45, 2.75) is 37.6 Å². The van der Waals surface area contributed by atoms with E-state index in [0.717, 1.165) is 5.57 Å². The fraction of sp³-hybridized carbons (Fsp3) is 0.562. The van der Waals surface area contributed by atoms with Gasteiger partial charge in [0.15, 0.2) is 17.8 Å². The maximum Gasteiger partial charge on any atom is 0.187 e. The average Bonchev–Trinajstić information content (AvgIpc) is 3.15. The summed E-state index contributed by atoms with van der Waals surface area (Å²) in [5.41, 5.74) is 2.12. The van der Waals surface area contributed by atoms with Crippen LogP contribution in [0.25, 0.3) is 11.2 Å². The molecule has 6 N–H and O–H groups in total. The second kappa shape index (κ2) is 8.69. The molecule has 3 heterocycles. The third-order valence-corrected chi connectivity index (χ3v) is 4.27. The molecule has 1 aliphatic rings. The summed E-state index contributed by atoms with van der Waals surface area (Å²) in [6.07, 6.45) is -1.58. The molecular weight excluding hydrogens is 358 g/mol. The van der Waals surface area contributed by atoms with Crippen LogP contribution in [0.5, 0.6) is 0 Å². The van der Waals surface area contributed by atoms with E-state index in [9.17, 15) is 20.4 Å². The fourth-order valence-corrected chi connectivity index (χ4v) is 2.70. The van der Waals surface area contributed by atoms with Crippen molar-refractivity contribution in [3.8, 4) is 0 Å². The highest BCUT2D eigenvalue weighted by atomic mass is 16.7. The van der Waals surface area contributed by atoms with E-state index in [1.54, 1.807) is 6.33 Å². The Morgan fingerprint density at radius 2 is 2.07 bits per heavy atom. The van der Waals surface area contributed by atoms with Gasteiger partial charge in [0.05, 0.1) is 19.5 Å². The maximum atomic E-state index is 9.94. The number of aliphatic hydroxyl groups is 4. The smallest absolute Gasteiger partial charge is 0.187 e. The Morgan fingerprint density at radius 3 is 2.85 bits per heavy atom. The quantitative estimate of drug-likeness (QED) is 0.312. The Hall–Kier alpha value is -2.15. The number of ether oxygens (including phenoxy) is 2. The predicted octanol–water partition coefficient (Wildman–Crippen LogP) is -1.47. The van der Waals surface area contributed by atoms with Crippen LogP contribution >= 0.6 is 0 Å². The van der Waals surface area contributed by atoms with Gasteiger partial charge in [-0.3, -0.25) is 0 Å². The van der Waals surface area contributed by atoms with Crippen molar-refractivity contribution >= 4 is 17.0 Å². The SMILES string of the molecule is C/C(=C\CNc1ncnc2nc[nH]c12)CO[C@H]1O[C@H](CO)[C@@H](O)[C@H](O)[C@H]1O. The number of aliphatic hydroxyl groups excluding tert-OH is 4. The first kappa shape index (κ1) is 19.6. The highest BCUT2D eigenvalue weighted by molar-refractivity contribution is 5.81. The normalized spacial score (nSPS) is 29.2. The van der Waals surface area contributed by atoms with Gasteiger partial charge in [-0.05, 0) is 12.5 Å². The van der Waals surface area contributed by atoms with E-state index in [-0.39, 0.29) is 6.61 Å². The molecule has 27 heavy (non-hydrogen) atoms. The molecule has 5 atom stereocenters. The minimum atomic E-state index is -1.46. The van der Waals surface area contributed by atoms with E-state index >= 15 is 0 Å². The molecule has 1 fully saturated rings. The van der Waals surface area contributed by atoms with Crippen molar-refractivity contribution in [1.82, 2.24) is 19.9 Å². The summed E-state index contributed by atoms with van der Waals surface area (Å²) in [4.78, 5) is 15.2. The van der Waals surface area contributed by atoms with Crippen LogP contribution in [0.15, 0.2) is 24.3 Å². The van der Waals surface area contributed by atoms with Crippen LogP contribution in [0.1, 0.15) is 6.92 Å². The highest BCUT2D eigenvalue weighted by Crippen LogP contribution is 2.22. The van der Waals surface area contributed by atoms with Crippen LogP contribution in [0, 0.1) is 0 Å². The van der Waals surface area contributed by atoms with Gasteiger partial charge in [-0.15, -0.1) is 0 Å². The molecular formula is C16H23N5O6. The molecule has 0 saturated carbocycles. The van der Waals surface area contributed by atoms with Crippen molar-refractivity contribution in [3.05, 3.63) is 24.3 Å². The summed E-state index contributed by atoms with van der Waals surface area (Å²) in [5, 5.41) is 41.8. The molecule has 2 aromatic rings. The van der Waals surface area contributed by atoms with E-state index in [2.05, 4.69) is 25.3 Å². The molecule has 11 heteroatoms. The summed E-state index contributed by atoms with van der Waals surface area (Å²) in [7, 11) is 0. The molecule has 0 unspecified atom stereocenters. The van der Waals surface area contributed by atoms with E-state index < -0.39 is 37.3 Å². The number of anilines is 1. The van der Waals surface area contributed by atoms with Gasteiger partial charge in [-0.1, -0.05) is 6.08 Å². The molecule has 0 aliphatic carbocycles.